The molecule has 200 valence electrons. The second kappa shape index (κ2) is 14.4. The molecule has 0 heterocycles. The van der Waals surface area contributed by atoms with Crippen LogP contribution in [0.1, 0.15) is 54.4 Å². The molecule has 1 unspecified atom stereocenters. The molecule has 38 heavy (non-hydrogen) atoms. The van der Waals surface area contributed by atoms with Crippen LogP contribution in [0.2, 0.25) is 5.02 Å². The summed E-state index contributed by atoms with van der Waals surface area (Å²) >= 11 is 7.87. The van der Waals surface area contributed by atoms with Crippen molar-refractivity contribution >= 4 is 35.2 Å². The van der Waals surface area contributed by atoms with Crippen molar-refractivity contribution in [1.82, 2.24) is 10.2 Å². The number of hydrogen-bond acceptors (Lipinski definition) is 3. The first-order valence-corrected chi connectivity index (χ1v) is 15.0. The molecule has 0 bridgehead atoms. The molecule has 3 aromatic carbocycles. The number of halogens is 1. The van der Waals surface area contributed by atoms with E-state index in [1.165, 1.54) is 17.5 Å². The van der Waals surface area contributed by atoms with Gasteiger partial charge >= 0.3 is 0 Å². The molecule has 1 N–H and O–H groups in total. The minimum absolute atomic E-state index is 0.0400. The van der Waals surface area contributed by atoms with Gasteiger partial charge in [-0.3, -0.25) is 9.59 Å². The Labute approximate surface area is 236 Å². The van der Waals surface area contributed by atoms with Gasteiger partial charge in [0.1, 0.15) is 6.04 Å². The van der Waals surface area contributed by atoms with Gasteiger partial charge in [0.05, 0.1) is 5.75 Å². The normalized spacial score (nSPS) is 14.6. The highest BCUT2D eigenvalue weighted by molar-refractivity contribution is 7.99. The first kappa shape index (κ1) is 28.3. The first-order chi connectivity index (χ1) is 18.5. The van der Waals surface area contributed by atoms with Gasteiger partial charge in [0.25, 0.3) is 0 Å². The molecule has 0 radical (unpaired) electrons. The number of carbonyl (C=O) groups excluding carboxylic acids is 2. The zero-order valence-electron chi connectivity index (χ0n) is 22.1. The van der Waals surface area contributed by atoms with Crippen molar-refractivity contribution in [3.8, 4) is 0 Å². The Hall–Kier alpha value is -2.76. The third kappa shape index (κ3) is 8.64. The molecular weight excluding hydrogens is 512 g/mol. The Morgan fingerprint density at radius 3 is 2.34 bits per heavy atom. The zero-order valence-corrected chi connectivity index (χ0v) is 23.6. The van der Waals surface area contributed by atoms with Gasteiger partial charge in [0.2, 0.25) is 11.8 Å². The van der Waals surface area contributed by atoms with Crippen LogP contribution in [0.4, 0.5) is 0 Å². The maximum Gasteiger partial charge on any atom is 0.243 e. The van der Waals surface area contributed by atoms with Crippen LogP contribution in [0, 0.1) is 6.92 Å². The van der Waals surface area contributed by atoms with E-state index in [1.807, 2.05) is 54.6 Å². The summed E-state index contributed by atoms with van der Waals surface area (Å²) in [5.74, 6) is 0.937. The summed E-state index contributed by atoms with van der Waals surface area (Å²) in [6, 6.07) is 25.5. The zero-order chi connectivity index (χ0) is 26.7. The average molecular weight is 549 g/mol. The van der Waals surface area contributed by atoms with E-state index in [0.29, 0.717) is 23.7 Å². The lowest BCUT2D eigenvalue weighted by Gasteiger charge is -2.33. The molecule has 1 fully saturated rings. The Morgan fingerprint density at radius 2 is 1.63 bits per heavy atom. The molecule has 2 amide bonds. The molecule has 6 heteroatoms. The molecule has 0 spiro atoms. The molecule has 4 rings (SSSR count). The third-order valence-electron chi connectivity index (χ3n) is 7.08. The molecule has 0 saturated heterocycles. The number of benzene rings is 3. The van der Waals surface area contributed by atoms with Crippen LogP contribution in [0.3, 0.4) is 0 Å². The van der Waals surface area contributed by atoms with Gasteiger partial charge < -0.3 is 10.2 Å². The summed E-state index contributed by atoms with van der Waals surface area (Å²) < 4.78 is 0. The fourth-order valence-electron chi connectivity index (χ4n) is 4.95. The SMILES string of the molecule is Cc1ccc(CSCC(=O)N(Cc2cccc(Cl)c2)C(Cc2ccccc2)C(=O)NC2CCCCC2)cc1. The lowest BCUT2D eigenvalue weighted by Crippen LogP contribution is -2.53. The van der Waals surface area contributed by atoms with E-state index >= 15 is 0 Å². The predicted molar refractivity (Wildman–Crippen MR) is 158 cm³/mol. The topological polar surface area (TPSA) is 49.4 Å². The molecule has 1 aliphatic carbocycles. The summed E-state index contributed by atoms with van der Waals surface area (Å²) in [4.78, 5) is 29.4. The van der Waals surface area contributed by atoms with Crippen molar-refractivity contribution < 1.29 is 9.59 Å². The summed E-state index contributed by atoms with van der Waals surface area (Å²) in [6.07, 6.45) is 5.95. The Morgan fingerprint density at radius 1 is 0.921 bits per heavy atom. The van der Waals surface area contributed by atoms with Crippen LogP contribution in [0.5, 0.6) is 0 Å². The molecule has 3 aromatic rings. The summed E-state index contributed by atoms with van der Waals surface area (Å²) in [7, 11) is 0. The molecule has 1 atom stereocenters. The van der Waals surface area contributed by atoms with Gasteiger partial charge in [-0.2, -0.15) is 0 Å². The van der Waals surface area contributed by atoms with Gasteiger partial charge in [-0.05, 0) is 48.6 Å². The predicted octanol–water partition coefficient (Wildman–Crippen LogP) is 6.97. The number of hydrogen-bond donors (Lipinski definition) is 1. The number of aryl methyl sites for hydroxylation is 1. The highest BCUT2D eigenvalue weighted by Gasteiger charge is 2.31. The van der Waals surface area contributed by atoms with Crippen LogP contribution in [0.25, 0.3) is 0 Å². The van der Waals surface area contributed by atoms with E-state index in [2.05, 4.69) is 36.5 Å². The lowest BCUT2D eigenvalue weighted by molar-refractivity contribution is -0.139. The van der Waals surface area contributed by atoms with E-state index < -0.39 is 6.04 Å². The second-order valence-corrected chi connectivity index (χ2v) is 11.6. The highest BCUT2D eigenvalue weighted by atomic mass is 35.5. The lowest BCUT2D eigenvalue weighted by atomic mass is 9.94. The van der Waals surface area contributed by atoms with E-state index in [4.69, 9.17) is 11.6 Å². The quantitative estimate of drug-likeness (QED) is 0.281. The van der Waals surface area contributed by atoms with Crippen LogP contribution < -0.4 is 5.32 Å². The van der Waals surface area contributed by atoms with E-state index in [0.717, 1.165) is 42.6 Å². The molecule has 1 aliphatic rings. The van der Waals surface area contributed by atoms with Crippen LogP contribution in [-0.4, -0.2) is 34.6 Å². The van der Waals surface area contributed by atoms with Crippen molar-refractivity contribution in [2.75, 3.05) is 5.75 Å². The highest BCUT2D eigenvalue weighted by Crippen LogP contribution is 2.22. The summed E-state index contributed by atoms with van der Waals surface area (Å²) in [6.45, 7) is 2.40. The maximum absolute atomic E-state index is 13.8. The standard InChI is InChI=1S/C32H37ClN2O2S/c1-24-15-17-26(18-16-24)22-38-23-31(36)35(21-27-11-8-12-28(33)19-27)30(20-25-9-4-2-5-10-25)32(37)34-29-13-6-3-7-14-29/h2,4-5,8-12,15-19,29-30H,3,6-7,13-14,20-23H2,1H3,(H,34,37). The fraction of sp³-hybridized carbons (Fsp3) is 0.375. The maximum atomic E-state index is 13.8. The van der Waals surface area contributed by atoms with Gasteiger partial charge in [-0.15, -0.1) is 11.8 Å². The molecule has 0 aliphatic heterocycles. The van der Waals surface area contributed by atoms with E-state index in [-0.39, 0.29) is 17.9 Å². The van der Waals surface area contributed by atoms with Crippen molar-refractivity contribution in [3.63, 3.8) is 0 Å². The minimum atomic E-state index is -0.606. The molecule has 1 saturated carbocycles. The van der Waals surface area contributed by atoms with Crippen molar-refractivity contribution in [3.05, 3.63) is 106 Å². The molecular formula is C32H37ClN2O2S. The van der Waals surface area contributed by atoms with E-state index in [1.54, 1.807) is 16.7 Å². The van der Waals surface area contributed by atoms with Gasteiger partial charge in [-0.25, -0.2) is 0 Å². The smallest absolute Gasteiger partial charge is 0.243 e. The Bertz CT molecular complexity index is 1180. The number of thioether (sulfide) groups is 1. The largest absolute Gasteiger partial charge is 0.352 e. The number of amides is 2. The number of nitrogens with one attached hydrogen (secondary N) is 1. The van der Waals surface area contributed by atoms with Gasteiger partial charge in [0.15, 0.2) is 0 Å². The van der Waals surface area contributed by atoms with Gasteiger partial charge in [-0.1, -0.05) is 103 Å². The van der Waals surface area contributed by atoms with Crippen LogP contribution in [0.15, 0.2) is 78.9 Å². The minimum Gasteiger partial charge on any atom is -0.352 e. The summed E-state index contributed by atoms with van der Waals surface area (Å²) in [5, 5.41) is 3.91. The first-order valence-electron chi connectivity index (χ1n) is 13.5. The van der Waals surface area contributed by atoms with Crippen LogP contribution >= 0.6 is 23.4 Å². The Kier molecular flexibility index (Phi) is 10.7. The van der Waals surface area contributed by atoms with Crippen molar-refractivity contribution in [2.45, 2.75) is 69.8 Å². The monoisotopic (exact) mass is 548 g/mol. The fourth-order valence-corrected chi connectivity index (χ4v) is 6.04. The van der Waals surface area contributed by atoms with Gasteiger partial charge in [0, 0.05) is 29.8 Å². The van der Waals surface area contributed by atoms with Crippen molar-refractivity contribution in [2.24, 2.45) is 0 Å². The number of rotatable bonds is 11. The van der Waals surface area contributed by atoms with Crippen molar-refractivity contribution in [1.29, 1.82) is 0 Å². The third-order valence-corrected chi connectivity index (χ3v) is 8.30. The number of nitrogens with zero attached hydrogens (tertiary/aromatic N) is 1. The van der Waals surface area contributed by atoms with E-state index in [9.17, 15) is 9.59 Å². The van der Waals surface area contributed by atoms with Crippen LogP contribution in [-0.2, 0) is 28.3 Å². The molecule has 0 aromatic heterocycles. The molecule has 4 nitrogen and oxygen atoms in total. The number of carbonyl (C=O) groups is 2. The Balaban J connectivity index is 1.56. The second-order valence-electron chi connectivity index (χ2n) is 10.2. The summed E-state index contributed by atoms with van der Waals surface area (Å²) in [5.41, 5.74) is 4.35. The average Bonchev–Trinajstić information content (AvgIpc) is 2.93.